The molecule has 1 aromatic heterocycles. The zero-order chi connectivity index (χ0) is 36.8. The Balaban J connectivity index is 1.21. The minimum absolute atomic E-state index is 0.0764. The Morgan fingerprint density at radius 3 is 2.58 bits per heavy atom. The number of nitrogens with zero attached hydrogens (tertiary/aromatic N) is 3. The maximum atomic E-state index is 14.6. The molecule has 278 valence electrons. The van der Waals surface area contributed by atoms with Crippen LogP contribution in [-0.4, -0.2) is 69.9 Å². The van der Waals surface area contributed by atoms with Gasteiger partial charge in [0.15, 0.2) is 5.78 Å². The van der Waals surface area contributed by atoms with Gasteiger partial charge in [-0.1, -0.05) is 43.2 Å². The van der Waals surface area contributed by atoms with Crippen LogP contribution in [0.2, 0.25) is 0 Å². The van der Waals surface area contributed by atoms with Crippen LogP contribution >= 0.6 is 0 Å². The van der Waals surface area contributed by atoms with Gasteiger partial charge in [-0.3, -0.25) is 23.7 Å². The zero-order valence-corrected chi connectivity index (χ0v) is 30.8. The quantitative estimate of drug-likeness (QED) is 0.266. The summed E-state index contributed by atoms with van der Waals surface area (Å²) in [7, 11) is -3.92. The zero-order valence-electron chi connectivity index (χ0n) is 30.0. The predicted molar refractivity (Wildman–Crippen MR) is 196 cm³/mol. The number of carbonyl (C=O) groups excluding carboxylic acids is 3. The summed E-state index contributed by atoms with van der Waals surface area (Å²) in [6.45, 7) is 5.67. The van der Waals surface area contributed by atoms with E-state index in [1.54, 1.807) is 17.9 Å². The SMILES string of the molecule is CC(C)n1c(O[C@@H]2C[C@H]3C(=O)C[C@]4(C(=O)NS(=O)(=O)C5(C)CC5)C[C@H]4/C=C\CCCCC[C@H](Nc4ccccc4)C(=O)N3C2)nc2cc(F)ccc21. The number of sulfonamides is 1. The highest BCUT2D eigenvalue weighted by atomic mass is 32.2. The number of aromatic nitrogens is 2. The lowest BCUT2D eigenvalue weighted by atomic mass is 9.91. The number of amides is 2. The number of benzene rings is 2. The fraction of sp³-hybridized carbons (Fsp3) is 0.538. The van der Waals surface area contributed by atoms with Crippen LogP contribution in [0.1, 0.15) is 91.0 Å². The molecule has 0 bridgehead atoms. The van der Waals surface area contributed by atoms with E-state index in [9.17, 15) is 27.2 Å². The minimum Gasteiger partial charge on any atom is -0.459 e. The molecule has 2 aromatic carbocycles. The van der Waals surface area contributed by atoms with Gasteiger partial charge < -0.3 is 15.0 Å². The molecule has 3 heterocycles. The number of ketones is 1. The minimum atomic E-state index is -3.92. The molecule has 13 heteroatoms. The van der Waals surface area contributed by atoms with Crippen LogP contribution < -0.4 is 14.8 Å². The van der Waals surface area contributed by atoms with Gasteiger partial charge in [0, 0.05) is 30.6 Å². The Hall–Kier alpha value is -4.26. The van der Waals surface area contributed by atoms with Gasteiger partial charge in [0.25, 0.3) is 6.01 Å². The van der Waals surface area contributed by atoms with Gasteiger partial charge in [-0.15, -0.1) is 0 Å². The van der Waals surface area contributed by atoms with E-state index in [1.807, 2.05) is 60.9 Å². The average molecular weight is 734 g/mol. The van der Waals surface area contributed by atoms with Crippen LogP contribution in [0.4, 0.5) is 10.1 Å². The van der Waals surface area contributed by atoms with E-state index in [2.05, 4.69) is 15.0 Å². The van der Waals surface area contributed by atoms with Crippen molar-refractivity contribution in [2.24, 2.45) is 11.3 Å². The van der Waals surface area contributed by atoms with Crippen LogP contribution in [0.5, 0.6) is 6.01 Å². The summed E-state index contributed by atoms with van der Waals surface area (Å²) < 4.78 is 50.2. The maximum absolute atomic E-state index is 14.6. The van der Waals surface area contributed by atoms with Crippen LogP contribution in [-0.2, 0) is 24.4 Å². The van der Waals surface area contributed by atoms with Gasteiger partial charge in [-0.25, -0.2) is 12.8 Å². The molecule has 2 N–H and O–H groups in total. The Bertz CT molecular complexity index is 1990. The van der Waals surface area contributed by atoms with Crippen molar-refractivity contribution < 1.29 is 31.9 Å². The largest absolute Gasteiger partial charge is 0.459 e. The number of para-hydroxylation sites is 1. The molecule has 4 aliphatic rings. The molecule has 2 saturated carbocycles. The molecule has 2 aliphatic carbocycles. The monoisotopic (exact) mass is 733 g/mol. The Morgan fingerprint density at radius 1 is 1.08 bits per heavy atom. The van der Waals surface area contributed by atoms with E-state index in [-0.39, 0.29) is 49.0 Å². The third-order valence-electron chi connectivity index (χ3n) is 11.4. The molecule has 0 unspecified atom stereocenters. The summed E-state index contributed by atoms with van der Waals surface area (Å²) in [5.74, 6) is -1.92. The molecule has 3 aromatic rings. The fourth-order valence-electron chi connectivity index (χ4n) is 7.80. The summed E-state index contributed by atoms with van der Waals surface area (Å²) in [4.78, 5) is 49.2. The number of anilines is 1. The van der Waals surface area contributed by atoms with Crippen LogP contribution in [0, 0.1) is 17.2 Å². The number of imidazole rings is 1. The summed E-state index contributed by atoms with van der Waals surface area (Å²) in [5, 5.41) is 3.41. The molecule has 3 fully saturated rings. The molecule has 2 amide bonds. The number of hydrogen-bond donors (Lipinski definition) is 2. The number of allylic oxidation sites excluding steroid dienone is 2. The van der Waals surface area contributed by atoms with Gasteiger partial charge in [0.1, 0.15) is 18.0 Å². The van der Waals surface area contributed by atoms with Crippen molar-refractivity contribution >= 4 is 44.3 Å². The van der Waals surface area contributed by atoms with Gasteiger partial charge in [0.2, 0.25) is 21.8 Å². The van der Waals surface area contributed by atoms with E-state index in [0.29, 0.717) is 36.7 Å². The topological polar surface area (TPSA) is 140 Å². The normalized spacial score (nSPS) is 28.4. The second-order valence-electron chi connectivity index (χ2n) is 15.6. The smallest absolute Gasteiger partial charge is 0.297 e. The first-order valence-corrected chi connectivity index (χ1v) is 20.0. The first kappa shape index (κ1) is 36.1. The van der Waals surface area contributed by atoms with E-state index in [4.69, 9.17) is 4.74 Å². The van der Waals surface area contributed by atoms with E-state index in [1.165, 1.54) is 12.1 Å². The highest BCUT2D eigenvalue weighted by Gasteiger charge is 2.62. The number of fused-ring (bicyclic) bond motifs is 3. The van der Waals surface area contributed by atoms with Crippen molar-refractivity contribution in [2.75, 3.05) is 11.9 Å². The number of nitrogens with one attached hydrogen (secondary N) is 2. The van der Waals surface area contributed by atoms with E-state index in [0.717, 1.165) is 31.4 Å². The number of hydrogen-bond acceptors (Lipinski definition) is 8. The van der Waals surface area contributed by atoms with Gasteiger partial charge >= 0.3 is 0 Å². The molecule has 11 nitrogen and oxygen atoms in total. The summed E-state index contributed by atoms with van der Waals surface area (Å²) in [6, 6.07) is 12.5. The molecular formula is C39H48FN5O6S. The number of Topliss-reactive ketones (excluding diaryl/α,β-unsaturated/α-hetero) is 1. The van der Waals surface area contributed by atoms with Crippen molar-refractivity contribution in [1.29, 1.82) is 0 Å². The predicted octanol–water partition coefficient (Wildman–Crippen LogP) is 6.07. The van der Waals surface area contributed by atoms with Gasteiger partial charge in [0.05, 0.1) is 33.8 Å². The third-order valence-corrected chi connectivity index (χ3v) is 13.5. The molecule has 0 spiro atoms. The molecule has 52 heavy (non-hydrogen) atoms. The fourth-order valence-corrected chi connectivity index (χ4v) is 9.14. The average Bonchev–Trinajstić information content (AvgIpc) is 3.92. The van der Waals surface area contributed by atoms with Crippen molar-refractivity contribution in [2.45, 2.75) is 114 Å². The molecule has 7 rings (SSSR count). The Labute approximate surface area is 304 Å². The van der Waals surface area contributed by atoms with Gasteiger partial charge in [-0.2, -0.15) is 4.98 Å². The standard InChI is InChI=1S/C39H48FN5O6S/c1-25(2)45-32-17-16-27(40)20-31(32)42-37(45)51-29-21-33-34(46)23-39(36(48)43-52(49,50)38(3)18-19-38)22-26(39)12-8-5-4-6-11-15-30(35(47)44(33)24-29)41-28-13-9-7-10-14-28/h7-10,12-14,16-17,20,25-26,29-30,33,41H,4-6,11,15,18-19,21-24H2,1-3H3,(H,43,48)/b12-8-/t26-,29-,30+,33+,39-/m1/s1. The second-order valence-corrected chi connectivity index (χ2v) is 17.8. The first-order chi connectivity index (χ1) is 24.8. The molecule has 2 aliphatic heterocycles. The highest BCUT2D eigenvalue weighted by Crippen LogP contribution is 2.57. The van der Waals surface area contributed by atoms with Crippen LogP contribution in [0.3, 0.4) is 0 Å². The van der Waals surface area contributed by atoms with Crippen molar-refractivity contribution in [3.05, 3.63) is 66.5 Å². The number of carbonyl (C=O) groups is 3. The van der Waals surface area contributed by atoms with E-state index >= 15 is 0 Å². The summed E-state index contributed by atoms with van der Waals surface area (Å²) in [6.07, 6.45) is 8.53. The molecule has 5 atom stereocenters. The second kappa shape index (κ2) is 13.9. The molecule has 0 radical (unpaired) electrons. The molecule has 1 saturated heterocycles. The van der Waals surface area contributed by atoms with Crippen LogP contribution in [0.15, 0.2) is 60.7 Å². The summed E-state index contributed by atoms with van der Waals surface area (Å²) >= 11 is 0. The van der Waals surface area contributed by atoms with Crippen molar-refractivity contribution in [3.8, 4) is 6.01 Å². The lowest BCUT2D eigenvalue weighted by Gasteiger charge is -2.30. The Kier molecular flexibility index (Phi) is 9.68. The Morgan fingerprint density at radius 2 is 1.85 bits per heavy atom. The van der Waals surface area contributed by atoms with Crippen molar-refractivity contribution in [3.63, 3.8) is 0 Å². The number of ether oxygens (including phenoxy) is 1. The van der Waals surface area contributed by atoms with Gasteiger partial charge in [-0.05, 0) is 89.5 Å². The lowest BCUT2D eigenvalue weighted by molar-refractivity contribution is -0.139. The summed E-state index contributed by atoms with van der Waals surface area (Å²) in [5.41, 5.74) is 0.703. The van der Waals surface area contributed by atoms with E-state index < -0.39 is 50.1 Å². The lowest BCUT2D eigenvalue weighted by Crippen LogP contribution is -2.49. The van der Waals surface area contributed by atoms with Crippen LogP contribution in [0.25, 0.3) is 11.0 Å². The maximum Gasteiger partial charge on any atom is 0.297 e. The van der Waals surface area contributed by atoms with Crippen molar-refractivity contribution in [1.82, 2.24) is 19.2 Å². The third kappa shape index (κ3) is 7.08. The number of halogens is 1. The first-order valence-electron chi connectivity index (χ1n) is 18.5. The highest BCUT2D eigenvalue weighted by molar-refractivity contribution is 7.91. The number of rotatable bonds is 8. The molecular weight excluding hydrogens is 686 g/mol.